The number of alkyl halides is 4. The van der Waals surface area contributed by atoms with Crippen molar-refractivity contribution in [1.82, 2.24) is 4.98 Å². The second-order valence-electron chi connectivity index (χ2n) is 2.68. The first-order valence-electron chi connectivity index (χ1n) is 3.90. The Morgan fingerprint density at radius 1 is 1.53 bits per heavy atom. The average Bonchev–Trinajstić information content (AvgIpc) is 2.14. The van der Waals surface area contributed by atoms with Gasteiger partial charge in [-0.1, -0.05) is 0 Å². The van der Waals surface area contributed by atoms with Gasteiger partial charge in [-0.3, -0.25) is 0 Å². The normalized spacial score (nSPS) is 11.4. The highest BCUT2D eigenvalue weighted by Gasteiger charge is 2.36. The lowest BCUT2D eigenvalue weighted by molar-refractivity contribution is -0.393. The van der Waals surface area contributed by atoms with E-state index in [-0.39, 0.29) is 9.26 Å². The molecule has 1 rings (SSSR count). The van der Waals surface area contributed by atoms with Crippen molar-refractivity contribution in [3.63, 3.8) is 0 Å². The van der Waals surface area contributed by atoms with Gasteiger partial charge in [0.2, 0.25) is 5.75 Å². The molecule has 5 nitrogen and oxygen atoms in total. The van der Waals surface area contributed by atoms with Gasteiger partial charge in [0.25, 0.3) is 0 Å². The van der Waals surface area contributed by atoms with E-state index in [4.69, 9.17) is 0 Å². The van der Waals surface area contributed by atoms with Crippen LogP contribution in [0.3, 0.4) is 0 Å². The van der Waals surface area contributed by atoms with Crippen LogP contribution in [-0.2, 0) is 6.67 Å². The van der Waals surface area contributed by atoms with E-state index in [1.807, 2.05) is 0 Å². The lowest BCUT2D eigenvalue weighted by Gasteiger charge is -2.09. The Bertz CT molecular complexity index is 451. The summed E-state index contributed by atoms with van der Waals surface area (Å²) in [5.41, 5.74) is -0.313. The smallest absolute Gasteiger partial charge is 0.397 e. The second kappa shape index (κ2) is 4.98. The monoisotopic (exact) mass is 366 g/mol. The maximum Gasteiger partial charge on any atom is 0.573 e. The molecular formula is C7H3F4IN2O3. The van der Waals surface area contributed by atoms with Crippen LogP contribution in [0.15, 0.2) is 6.07 Å². The van der Waals surface area contributed by atoms with Gasteiger partial charge >= 0.3 is 12.2 Å². The summed E-state index contributed by atoms with van der Waals surface area (Å²) in [6.45, 7) is -1.12. The van der Waals surface area contributed by atoms with E-state index < -0.39 is 29.5 Å². The lowest BCUT2D eigenvalue weighted by atomic mass is 10.3. The first-order valence-corrected chi connectivity index (χ1v) is 4.98. The van der Waals surface area contributed by atoms with Crippen molar-refractivity contribution >= 4 is 28.4 Å². The zero-order valence-corrected chi connectivity index (χ0v) is 9.95. The van der Waals surface area contributed by atoms with E-state index in [1.54, 1.807) is 0 Å². The van der Waals surface area contributed by atoms with Crippen LogP contribution in [0.1, 0.15) is 5.69 Å². The molecule has 0 unspecified atom stereocenters. The highest BCUT2D eigenvalue weighted by molar-refractivity contribution is 14.1. The van der Waals surface area contributed by atoms with Gasteiger partial charge in [-0.2, -0.15) is 0 Å². The van der Waals surface area contributed by atoms with E-state index in [0.717, 1.165) is 0 Å². The van der Waals surface area contributed by atoms with E-state index in [0.29, 0.717) is 6.07 Å². The molecule has 0 saturated heterocycles. The molecule has 0 N–H and O–H groups in total. The first-order chi connectivity index (χ1) is 7.74. The molecule has 0 atom stereocenters. The van der Waals surface area contributed by atoms with Crippen LogP contribution in [0, 0.1) is 13.7 Å². The number of aromatic nitrogens is 1. The predicted molar refractivity (Wildman–Crippen MR) is 55.1 cm³/mol. The number of hydrogen-bond acceptors (Lipinski definition) is 4. The maximum absolute atomic E-state index is 12.3. The summed E-state index contributed by atoms with van der Waals surface area (Å²) in [5, 5.41) is 10.5. The number of halogens is 5. The summed E-state index contributed by atoms with van der Waals surface area (Å²) in [6, 6.07) is 0.716. The molecular weight excluding hydrogens is 363 g/mol. The molecule has 1 heterocycles. The Labute approximate surface area is 105 Å². The Balaban J connectivity index is 3.28. The molecule has 17 heavy (non-hydrogen) atoms. The quantitative estimate of drug-likeness (QED) is 0.357. The number of rotatable bonds is 3. The van der Waals surface area contributed by atoms with Crippen molar-refractivity contribution in [2.75, 3.05) is 0 Å². The fraction of sp³-hybridized carbons (Fsp3) is 0.286. The molecule has 0 radical (unpaired) electrons. The van der Waals surface area contributed by atoms with E-state index in [9.17, 15) is 27.7 Å². The minimum absolute atomic E-state index is 0.00921. The van der Waals surface area contributed by atoms with Crippen LogP contribution in [0.5, 0.6) is 5.75 Å². The molecule has 0 fully saturated rings. The van der Waals surface area contributed by atoms with Crippen LogP contribution in [-0.4, -0.2) is 16.3 Å². The van der Waals surface area contributed by atoms with Crippen LogP contribution in [0.25, 0.3) is 0 Å². The van der Waals surface area contributed by atoms with E-state index in [2.05, 4.69) is 9.72 Å². The molecule has 0 aromatic carbocycles. The SMILES string of the molecule is O=[N+]([O-])c1nc(CF)c(I)cc1OC(F)(F)F. The zero-order valence-electron chi connectivity index (χ0n) is 7.79. The Kier molecular flexibility index (Phi) is 4.06. The Morgan fingerprint density at radius 2 is 2.12 bits per heavy atom. The summed E-state index contributed by atoms with van der Waals surface area (Å²) in [6.07, 6.45) is -5.08. The van der Waals surface area contributed by atoms with Crippen molar-refractivity contribution in [3.8, 4) is 5.75 Å². The predicted octanol–water partition coefficient (Wildman–Crippen LogP) is 2.96. The molecule has 0 aliphatic carbocycles. The number of nitrogens with zero attached hydrogens (tertiary/aromatic N) is 2. The average molecular weight is 366 g/mol. The summed E-state index contributed by atoms with van der Waals surface area (Å²) in [5.74, 6) is -2.24. The highest BCUT2D eigenvalue weighted by atomic mass is 127. The third-order valence-electron chi connectivity index (χ3n) is 1.52. The largest absolute Gasteiger partial charge is 0.573 e. The van der Waals surface area contributed by atoms with Gasteiger partial charge in [-0.25, -0.2) is 4.39 Å². The fourth-order valence-electron chi connectivity index (χ4n) is 0.924. The van der Waals surface area contributed by atoms with Crippen LogP contribution in [0.2, 0.25) is 0 Å². The van der Waals surface area contributed by atoms with Crippen LogP contribution >= 0.6 is 22.6 Å². The number of ether oxygens (including phenoxy) is 1. The van der Waals surface area contributed by atoms with Gasteiger partial charge in [0.1, 0.15) is 0 Å². The molecule has 0 bridgehead atoms. The van der Waals surface area contributed by atoms with Crippen molar-refractivity contribution in [2.45, 2.75) is 13.0 Å². The highest BCUT2D eigenvalue weighted by Crippen LogP contribution is 2.32. The minimum Gasteiger partial charge on any atom is -0.397 e. The summed E-state index contributed by atoms with van der Waals surface area (Å²) < 4.78 is 51.6. The molecule has 0 aliphatic heterocycles. The molecule has 0 amide bonds. The number of pyridine rings is 1. The zero-order chi connectivity index (χ0) is 13.2. The minimum atomic E-state index is -5.08. The van der Waals surface area contributed by atoms with Gasteiger partial charge < -0.3 is 14.9 Å². The Morgan fingerprint density at radius 3 is 2.53 bits per heavy atom. The third-order valence-corrected chi connectivity index (χ3v) is 2.45. The van der Waals surface area contributed by atoms with E-state index in [1.165, 1.54) is 22.6 Å². The van der Waals surface area contributed by atoms with Gasteiger partial charge in [-0.05, 0) is 32.5 Å². The fourth-order valence-corrected chi connectivity index (χ4v) is 1.47. The van der Waals surface area contributed by atoms with Crippen molar-refractivity contribution in [3.05, 3.63) is 25.4 Å². The van der Waals surface area contributed by atoms with Crippen LogP contribution in [0.4, 0.5) is 23.4 Å². The molecule has 0 spiro atoms. The molecule has 0 aliphatic rings. The van der Waals surface area contributed by atoms with Gasteiger partial charge in [0.15, 0.2) is 12.4 Å². The molecule has 1 aromatic rings. The molecule has 94 valence electrons. The van der Waals surface area contributed by atoms with Gasteiger partial charge in [-0.15, -0.1) is 13.2 Å². The van der Waals surface area contributed by atoms with E-state index >= 15 is 0 Å². The van der Waals surface area contributed by atoms with Gasteiger partial charge in [0.05, 0.1) is 3.57 Å². The maximum atomic E-state index is 12.3. The number of hydrogen-bond donors (Lipinski definition) is 0. The molecule has 0 saturated carbocycles. The molecule has 1 aromatic heterocycles. The van der Waals surface area contributed by atoms with Crippen molar-refractivity contribution < 1.29 is 27.2 Å². The van der Waals surface area contributed by atoms with Gasteiger partial charge in [0, 0.05) is 6.07 Å². The Hall–Kier alpha value is -1.20. The summed E-state index contributed by atoms with van der Waals surface area (Å²) in [7, 11) is 0. The van der Waals surface area contributed by atoms with Crippen LogP contribution < -0.4 is 4.74 Å². The first kappa shape index (κ1) is 13.9. The lowest BCUT2D eigenvalue weighted by Crippen LogP contribution is -2.18. The molecule has 10 heteroatoms. The standard InChI is InChI=1S/C7H3F4IN2O3/c8-2-4-3(12)1-5(17-7(9,10)11)6(13-4)14(15)16/h1H,2H2. The summed E-state index contributed by atoms with van der Waals surface area (Å²) >= 11 is 1.51. The van der Waals surface area contributed by atoms with Crippen molar-refractivity contribution in [2.24, 2.45) is 0 Å². The second-order valence-corrected chi connectivity index (χ2v) is 3.84. The topological polar surface area (TPSA) is 65.3 Å². The third kappa shape index (κ3) is 3.64. The number of nitro groups is 1. The summed E-state index contributed by atoms with van der Waals surface area (Å²) in [4.78, 5) is 12.5. The van der Waals surface area contributed by atoms with Crippen molar-refractivity contribution in [1.29, 1.82) is 0 Å².